The van der Waals surface area contributed by atoms with Gasteiger partial charge in [-0.1, -0.05) is 6.92 Å². The molecule has 0 saturated heterocycles. The van der Waals surface area contributed by atoms with Gasteiger partial charge in [-0.05, 0) is 36.5 Å². The number of halogens is 2. The monoisotopic (exact) mass is 330 g/mol. The number of fused-ring (bicyclic) bond motifs is 1. The molecule has 2 rings (SSSR count). The molecule has 7 nitrogen and oxygen atoms in total. The number of aliphatic hydroxyl groups excluding tert-OH is 1. The third kappa shape index (κ3) is 3.81. The highest BCUT2D eigenvalue weighted by atomic mass is 35.5. The van der Waals surface area contributed by atoms with Crippen molar-refractivity contribution in [3.8, 4) is 0 Å². The predicted octanol–water partition coefficient (Wildman–Crippen LogP) is 2.34. The Balaban J connectivity index is 2.56. The number of aromatic nitrogens is 4. The first-order valence-corrected chi connectivity index (χ1v) is 7.32. The molecule has 0 radical (unpaired) electrons. The summed E-state index contributed by atoms with van der Waals surface area (Å²) >= 11 is 11.9. The molecule has 2 heterocycles. The molecule has 0 bridgehead atoms. The summed E-state index contributed by atoms with van der Waals surface area (Å²) in [4.78, 5) is 16.6. The van der Waals surface area contributed by atoms with E-state index in [1.807, 2.05) is 6.92 Å². The van der Waals surface area contributed by atoms with Crippen LogP contribution in [0.15, 0.2) is 0 Å². The maximum Gasteiger partial charge on any atom is 0.225 e. The van der Waals surface area contributed by atoms with E-state index in [1.54, 1.807) is 6.92 Å². The molecular weight excluding hydrogens is 315 g/mol. The molecule has 0 saturated carbocycles. The summed E-state index contributed by atoms with van der Waals surface area (Å²) in [6.07, 6.45) is 0.925. The van der Waals surface area contributed by atoms with Gasteiger partial charge in [0.05, 0.1) is 6.61 Å². The maximum atomic E-state index is 9.15. The van der Waals surface area contributed by atoms with E-state index in [2.05, 4.69) is 30.6 Å². The van der Waals surface area contributed by atoms with Crippen molar-refractivity contribution < 1.29 is 5.11 Å². The summed E-state index contributed by atoms with van der Waals surface area (Å²) in [7, 11) is 0. The number of nitrogens with zero attached hydrogens (tertiary/aromatic N) is 4. The minimum atomic E-state index is -0.208. The van der Waals surface area contributed by atoms with Gasteiger partial charge in [-0.2, -0.15) is 9.97 Å². The van der Waals surface area contributed by atoms with E-state index in [0.717, 1.165) is 13.0 Å². The molecule has 9 heteroatoms. The lowest BCUT2D eigenvalue weighted by Gasteiger charge is -2.14. The van der Waals surface area contributed by atoms with Crippen LogP contribution in [-0.4, -0.2) is 44.2 Å². The molecule has 0 unspecified atom stereocenters. The predicted molar refractivity (Wildman–Crippen MR) is 84.1 cm³/mol. The van der Waals surface area contributed by atoms with Gasteiger partial charge < -0.3 is 15.7 Å². The Hall–Kier alpha value is -1.44. The highest BCUT2D eigenvalue weighted by Gasteiger charge is 2.15. The topological polar surface area (TPSA) is 95.9 Å². The summed E-state index contributed by atoms with van der Waals surface area (Å²) in [5, 5.41) is 15.5. The zero-order chi connectivity index (χ0) is 15.4. The second kappa shape index (κ2) is 7.02. The number of rotatable bonds is 6. The number of hydrogen-bond donors (Lipinski definition) is 3. The third-order valence-electron chi connectivity index (χ3n) is 2.69. The maximum absolute atomic E-state index is 9.15. The molecule has 0 aliphatic rings. The van der Waals surface area contributed by atoms with Crippen LogP contribution in [0.1, 0.15) is 20.3 Å². The van der Waals surface area contributed by atoms with Crippen molar-refractivity contribution in [2.45, 2.75) is 26.3 Å². The molecule has 3 N–H and O–H groups in total. The van der Waals surface area contributed by atoms with E-state index in [0.29, 0.717) is 22.7 Å². The van der Waals surface area contributed by atoms with Gasteiger partial charge in [-0.25, -0.2) is 9.97 Å². The van der Waals surface area contributed by atoms with E-state index in [4.69, 9.17) is 28.3 Å². The summed E-state index contributed by atoms with van der Waals surface area (Å²) < 4.78 is 0. The minimum absolute atomic E-state index is 0.0527. The van der Waals surface area contributed by atoms with Gasteiger partial charge in [-0.3, -0.25) is 0 Å². The van der Waals surface area contributed by atoms with Crippen molar-refractivity contribution >= 4 is 45.9 Å². The highest BCUT2D eigenvalue weighted by Crippen LogP contribution is 2.27. The van der Waals surface area contributed by atoms with Crippen LogP contribution in [0.4, 0.5) is 11.6 Å². The summed E-state index contributed by atoms with van der Waals surface area (Å²) in [6.45, 7) is 4.51. The first-order valence-electron chi connectivity index (χ1n) is 6.57. The Morgan fingerprint density at radius 1 is 1.05 bits per heavy atom. The lowest BCUT2D eigenvalue weighted by atomic mass is 10.3. The summed E-state index contributed by atoms with van der Waals surface area (Å²) in [5.41, 5.74) is 0.943. The third-order valence-corrected chi connectivity index (χ3v) is 3.03. The van der Waals surface area contributed by atoms with Crippen LogP contribution in [0.2, 0.25) is 10.6 Å². The number of nitrogens with one attached hydrogen (secondary N) is 2. The second-order valence-corrected chi connectivity index (χ2v) is 5.21. The number of aliphatic hydroxyl groups is 1. The molecule has 2 aromatic rings. The average Bonchev–Trinajstić information content (AvgIpc) is 2.45. The van der Waals surface area contributed by atoms with Crippen LogP contribution in [0.3, 0.4) is 0 Å². The molecule has 0 aromatic carbocycles. The van der Waals surface area contributed by atoms with E-state index in [9.17, 15) is 0 Å². The molecule has 0 aliphatic heterocycles. The Labute approximate surface area is 132 Å². The van der Waals surface area contributed by atoms with Crippen molar-refractivity contribution in [2.75, 3.05) is 23.8 Å². The highest BCUT2D eigenvalue weighted by molar-refractivity contribution is 6.30. The molecule has 0 spiro atoms. The summed E-state index contributed by atoms with van der Waals surface area (Å²) in [5.74, 6) is 0.922. The molecular formula is C12H16Cl2N6O. The van der Waals surface area contributed by atoms with Gasteiger partial charge >= 0.3 is 0 Å². The van der Waals surface area contributed by atoms with Gasteiger partial charge in [0.15, 0.2) is 11.6 Å². The zero-order valence-electron chi connectivity index (χ0n) is 11.7. The van der Waals surface area contributed by atoms with Crippen molar-refractivity contribution in [2.24, 2.45) is 0 Å². The van der Waals surface area contributed by atoms with Gasteiger partial charge in [0.1, 0.15) is 11.0 Å². The molecule has 21 heavy (non-hydrogen) atoms. The molecule has 114 valence electrons. The quantitative estimate of drug-likeness (QED) is 0.699. The fraction of sp³-hybridized carbons (Fsp3) is 0.500. The molecule has 1 atom stereocenters. The van der Waals surface area contributed by atoms with E-state index < -0.39 is 0 Å². The van der Waals surface area contributed by atoms with Crippen molar-refractivity contribution in [3.63, 3.8) is 0 Å². The Morgan fingerprint density at radius 2 is 1.62 bits per heavy atom. The average molecular weight is 331 g/mol. The minimum Gasteiger partial charge on any atom is -0.394 e. The molecule has 0 amide bonds. The van der Waals surface area contributed by atoms with Gasteiger partial charge in [0.2, 0.25) is 10.6 Å². The Morgan fingerprint density at radius 3 is 2.19 bits per heavy atom. The SMILES string of the molecule is CCCNc1nc(Cl)nc2c(N[C@@H](C)CO)nc(Cl)nc12. The van der Waals surface area contributed by atoms with Gasteiger partial charge in [-0.15, -0.1) is 0 Å². The largest absolute Gasteiger partial charge is 0.394 e. The van der Waals surface area contributed by atoms with Crippen LogP contribution in [-0.2, 0) is 0 Å². The molecule has 0 aliphatic carbocycles. The van der Waals surface area contributed by atoms with E-state index in [1.165, 1.54) is 0 Å². The standard InChI is InChI=1S/C12H16Cl2N6O/c1-3-4-15-9-7-8(18-11(13)19-9)10(16-6(2)5-21)20-12(14)17-7/h6,21H,3-5H2,1-2H3,(H,15,18,19)(H,16,17,20)/t6-/m0/s1. The molecule has 0 fully saturated rings. The van der Waals surface area contributed by atoms with Crippen LogP contribution in [0, 0.1) is 0 Å². The normalized spacial score (nSPS) is 12.4. The Kier molecular flexibility index (Phi) is 5.33. The second-order valence-electron chi connectivity index (χ2n) is 4.53. The lowest BCUT2D eigenvalue weighted by Crippen LogP contribution is -2.21. The van der Waals surface area contributed by atoms with Crippen molar-refractivity contribution in [3.05, 3.63) is 10.6 Å². The first-order chi connectivity index (χ1) is 10.0. The van der Waals surface area contributed by atoms with Crippen LogP contribution in [0.25, 0.3) is 11.0 Å². The Bertz CT molecular complexity index is 639. The van der Waals surface area contributed by atoms with E-state index in [-0.39, 0.29) is 23.2 Å². The van der Waals surface area contributed by atoms with Crippen LogP contribution < -0.4 is 10.6 Å². The fourth-order valence-corrected chi connectivity index (χ4v) is 2.05. The number of hydrogen-bond acceptors (Lipinski definition) is 7. The van der Waals surface area contributed by atoms with Crippen molar-refractivity contribution in [1.82, 2.24) is 19.9 Å². The number of anilines is 2. The smallest absolute Gasteiger partial charge is 0.225 e. The fourth-order valence-electron chi connectivity index (χ4n) is 1.71. The van der Waals surface area contributed by atoms with E-state index >= 15 is 0 Å². The first kappa shape index (κ1) is 15.9. The summed E-state index contributed by atoms with van der Waals surface area (Å²) in [6, 6.07) is -0.208. The van der Waals surface area contributed by atoms with Gasteiger partial charge in [0, 0.05) is 12.6 Å². The van der Waals surface area contributed by atoms with Gasteiger partial charge in [0.25, 0.3) is 0 Å². The van der Waals surface area contributed by atoms with Crippen molar-refractivity contribution in [1.29, 1.82) is 0 Å². The zero-order valence-corrected chi connectivity index (χ0v) is 13.2. The van der Waals surface area contributed by atoms with Crippen LogP contribution >= 0.6 is 23.2 Å². The van der Waals surface area contributed by atoms with Crippen LogP contribution in [0.5, 0.6) is 0 Å². The molecule has 2 aromatic heterocycles. The lowest BCUT2D eigenvalue weighted by molar-refractivity contribution is 0.281.